The van der Waals surface area contributed by atoms with Gasteiger partial charge in [-0.1, -0.05) is 17.7 Å². The first-order chi connectivity index (χ1) is 17.0. The van der Waals surface area contributed by atoms with Crippen LogP contribution in [-0.4, -0.2) is 23.1 Å². The van der Waals surface area contributed by atoms with Crippen LogP contribution in [0.15, 0.2) is 87.7 Å². The molecule has 5 rings (SSSR count). The third-order valence-corrected chi connectivity index (χ3v) is 5.60. The Balaban J connectivity index is 1.26. The summed E-state index contributed by atoms with van der Waals surface area (Å²) in [7, 11) is 1.60. The van der Waals surface area contributed by atoms with Gasteiger partial charge in [0.05, 0.1) is 7.11 Å². The van der Waals surface area contributed by atoms with Crippen LogP contribution in [0.4, 0.5) is 5.69 Å². The number of anilines is 1. The first kappa shape index (κ1) is 22.6. The third kappa shape index (κ3) is 5.03. The number of rotatable bonds is 5. The highest BCUT2D eigenvalue weighted by Gasteiger charge is 2.15. The summed E-state index contributed by atoms with van der Waals surface area (Å²) in [5.74, 6) is 1.37. The molecule has 0 radical (unpaired) electrons. The van der Waals surface area contributed by atoms with Gasteiger partial charge in [0.15, 0.2) is 16.5 Å². The molecule has 0 saturated carbocycles. The van der Waals surface area contributed by atoms with Crippen LogP contribution in [0.3, 0.4) is 0 Å². The highest BCUT2D eigenvalue weighted by Crippen LogP contribution is 2.28. The molecule has 0 spiro atoms. The van der Waals surface area contributed by atoms with E-state index in [0.29, 0.717) is 39.2 Å². The number of methoxy groups -OCH3 is 1. The zero-order valence-electron chi connectivity index (χ0n) is 18.4. The van der Waals surface area contributed by atoms with Gasteiger partial charge >= 0.3 is 0 Å². The summed E-state index contributed by atoms with van der Waals surface area (Å²) in [6, 6.07) is 23.2. The van der Waals surface area contributed by atoms with Gasteiger partial charge in [0, 0.05) is 27.9 Å². The van der Waals surface area contributed by atoms with Crippen molar-refractivity contribution in [3.05, 3.63) is 89.6 Å². The van der Waals surface area contributed by atoms with E-state index in [1.54, 1.807) is 31.4 Å². The minimum absolute atomic E-state index is 0.124. The quantitative estimate of drug-likeness (QED) is 0.263. The van der Waals surface area contributed by atoms with Crippen molar-refractivity contribution in [1.29, 1.82) is 0 Å². The normalized spacial score (nSPS) is 10.8. The van der Waals surface area contributed by atoms with Crippen molar-refractivity contribution in [2.24, 2.45) is 0 Å². The monoisotopic (exact) mass is 503 g/mol. The average molecular weight is 504 g/mol. The maximum Gasteiger partial charge on any atom is 0.293 e. The van der Waals surface area contributed by atoms with E-state index in [9.17, 15) is 4.79 Å². The molecule has 0 unspecified atom stereocenters. The van der Waals surface area contributed by atoms with Crippen LogP contribution in [0.25, 0.3) is 33.9 Å². The van der Waals surface area contributed by atoms with Crippen LogP contribution >= 0.6 is 23.8 Å². The Bertz CT molecular complexity index is 1540. The number of fused-ring (bicyclic) bond motifs is 1. The maximum absolute atomic E-state index is 12.6. The van der Waals surface area contributed by atoms with E-state index in [2.05, 4.69) is 15.6 Å². The Morgan fingerprint density at radius 1 is 0.971 bits per heavy atom. The van der Waals surface area contributed by atoms with Gasteiger partial charge in [0.2, 0.25) is 5.89 Å². The molecular weight excluding hydrogens is 486 g/mol. The van der Waals surface area contributed by atoms with Crippen LogP contribution in [0, 0.1) is 0 Å². The Hall–Kier alpha value is -4.14. The molecule has 3 aromatic carbocycles. The van der Waals surface area contributed by atoms with E-state index >= 15 is 0 Å². The average Bonchev–Trinajstić information content (AvgIpc) is 3.52. The van der Waals surface area contributed by atoms with Crippen LogP contribution in [0.5, 0.6) is 5.75 Å². The number of furan rings is 1. The number of aromatic nitrogens is 1. The molecule has 7 nitrogen and oxygen atoms in total. The lowest BCUT2D eigenvalue weighted by atomic mass is 10.2. The molecule has 0 aliphatic carbocycles. The molecule has 9 heteroatoms. The molecule has 5 aromatic rings. The van der Waals surface area contributed by atoms with Crippen molar-refractivity contribution < 1.29 is 18.4 Å². The van der Waals surface area contributed by atoms with E-state index in [4.69, 9.17) is 37.4 Å². The standard InChI is InChI=1S/C26H18ClN3O4S/c1-32-19-9-10-22-20(14-19)29-25(34-22)16-3-2-4-18(13-16)28-26(35)30-24(31)23-12-11-21(33-23)15-5-7-17(27)8-6-15/h2-14H,1H3,(H2,28,30,31,35). The lowest BCUT2D eigenvalue weighted by Gasteiger charge is -2.09. The molecule has 0 aliphatic rings. The zero-order valence-corrected chi connectivity index (χ0v) is 19.9. The van der Waals surface area contributed by atoms with Gasteiger partial charge in [-0.15, -0.1) is 0 Å². The van der Waals surface area contributed by atoms with E-state index in [1.807, 2.05) is 54.6 Å². The molecule has 0 fully saturated rings. The molecule has 2 N–H and O–H groups in total. The first-order valence-corrected chi connectivity index (χ1v) is 11.3. The second-order valence-corrected chi connectivity index (χ2v) is 8.36. The number of hydrogen-bond donors (Lipinski definition) is 2. The second-order valence-electron chi connectivity index (χ2n) is 7.51. The van der Waals surface area contributed by atoms with E-state index in [-0.39, 0.29) is 10.9 Å². The number of thiocarbonyl (C=S) groups is 1. The topological polar surface area (TPSA) is 89.5 Å². The van der Waals surface area contributed by atoms with E-state index in [1.165, 1.54) is 0 Å². The summed E-state index contributed by atoms with van der Waals surface area (Å²) in [5.41, 5.74) is 3.56. The second kappa shape index (κ2) is 9.61. The Morgan fingerprint density at radius 3 is 2.60 bits per heavy atom. The summed E-state index contributed by atoms with van der Waals surface area (Å²) in [6.45, 7) is 0. The van der Waals surface area contributed by atoms with Crippen LogP contribution in [0.2, 0.25) is 5.02 Å². The van der Waals surface area contributed by atoms with Gasteiger partial charge < -0.3 is 18.9 Å². The molecule has 0 aliphatic heterocycles. The molecule has 174 valence electrons. The molecule has 1 amide bonds. The number of hydrogen-bond acceptors (Lipinski definition) is 6. The first-order valence-electron chi connectivity index (χ1n) is 10.5. The fraction of sp³-hybridized carbons (Fsp3) is 0.0385. The molecule has 0 saturated heterocycles. The number of ether oxygens (including phenoxy) is 1. The SMILES string of the molecule is COc1ccc2oc(-c3cccc(NC(=S)NC(=O)c4ccc(-c5ccc(Cl)cc5)o4)c3)nc2c1. The van der Waals surface area contributed by atoms with Crippen molar-refractivity contribution in [2.45, 2.75) is 0 Å². The van der Waals surface area contributed by atoms with Gasteiger partial charge in [-0.3, -0.25) is 10.1 Å². The minimum Gasteiger partial charge on any atom is -0.497 e. The van der Waals surface area contributed by atoms with Gasteiger partial charge in [-0.05, 0) is 78.9 Å². The zero-order chi connectivity index (χ0) is 24.4. The molecule has 2 heterocycles. The van der Waals surface area contributed by atoms with Crippen molar-refractivity contribution in [1.82, 2.24) is 10.3 Å². The summed E-state index contributed by atoms with van der Waals surface area (Å²) in [5, 5.41) is 6.37. The highest BCUT2D eigenvalue weighted by molar-refractivity contribution is 7.80. The van der Waals surface area contributed by atoms with Crippen molar-refractivity contribution in [2.75, 3.05) is 12.4 Å². The molecule has 35 heavy (non-hydrogen) atoms. The fourth-order valence-electron chi connectivity index (χ4n) is 3.44. The maximum atomic E-state index is 12.6. The van der Waals surface area contributed by atoms with E-state index in [0.717, 1.165) is 11.1 Å². The summed E-state index contributed by atoms with van der Waals surface area (Å²) in [6.07, 6.45) is 0. The summed E-state index contributed by atoms with van der Waals surface area (Å²) >= 11 is 11.2. The fourth-order valence-corrected chi connectivity index (χ4v) is 3.78. The number of carbonyl (C=O) groups excluding carboxylic acids is 1. The van der Waals surface area contributed by atoms with Crippen molar-refractivity contribution in [3.8, 4) is 28.5 Å². The predicted molar refractivity (Wildman–Crippen MR) is 139 cm³/mol. The van der Waals surface area contributed by atoms with Crippen molar-refractivity contribution >= 4 is 51.6 Å². The summed E-state index contributed by atoms with van der Waals surface area (Å²) in [4.78, 5) is 17.1. The Labute approximate surface area is 210 Å². The van der Waals surface area contributed by atoms with E-state index < -0.39 is 5.91 Å². The number of carbonyl (C=O) groups is 1. The highest BCUT2D eigenvalue weighted by atomic mass is 35.5. The Kier molecular flexibility index (Phi) is 6.22. The Morgan fingerprint density at radius 2 is 1.80 bits per heavy atom. The molecular formula is C26H18ClN3O4S. The van der Waals surface area contributed by atoms with Gasteiger partial charge in [-0.25, -0.2) is 4.98 Å². The third-order valence-electron chi connectivity index (χ3n) is 5.15. The van der Waals surface area contributed by atoms with Crippen molar-refractivity contribution in [3.63, 3.8) is 0 Å². The number of nitrogens with zero attached hydrogens (tertiary/aromatic N) is 1. The van der Waals surface area contributed by atoms with Crippen LogP contribution < -0.4 is 15.4 Å². The molecule has 2 aromatic heterocycles. The van der Waals surface area contributed by atoms with Crippen LogP contribution in [-0.2, 0) is 0 Å². The largest absolute Gasteiger partial charge is 0.497 e. The number of oxazole rings is 1. The van der Waals surface area contributed by atoms with Gasteiger partial charge in [0.1, 0.15) is 17.0 Å². The smallest absolute Gasteiger partial charge is 0.293 e. The lowest BCUT2D eigenvalue weighted by Crippen LogP contribution is -2.33. The number of benzene rings is 3. The van der Waals surface area contributed by atoms with Crippen LogP contribution in [0.1, 0.15) is 10.6 Å². The van der Waals surface area contributed by atoms with Gasteiger partial charge in [0.25, 0.3) is 5.91 Å². The summed E-state index contributed by atoms with van der Waals surface area (Å²) < 4.78 is 16.8. The predicted octanol–water partition coefficient (Wildman–Crippen LogP) is 6.54. The number of halogens is 1. The number of nitrogens with one attached hydrogen (secondary N) is 2. The number of amides is 1. The lowest BCUT2D eigenvalue weighted by molar-refractivity contribution is 0.0951. The van der Waals surface area contributed by atoms with Gasteiger partial charge in [-0.2, -0.15) is 0 Å². The molecule has 0 atom stereocenters. The minimum atomic E-state index is -0.466. The molecule has 0 bridgehead atoms.